The molecule has 3 aromatic carbocycles. The van der Waals surface area contributed by atoms with E-state index >= 15 is 0 Å². The molecular weight excluding hydrogens is 512 g/mol. The van der Waals surface area contributed by atoms with Crippen LogP contribution in [0.4, 0.5) is 11.4 Å². The summed E-state index contributed by atoms with van der Waals surface area (Å²) in [7, 11) is 0. The van der Waals surface area contributed by atoms with Gasteiger partial charge < -0.3 is 24.7 Å². The minimum atomic E-state index is -0.0119. The molecule has 1 amide bonds. The van der Waals surface area contributed by atoms with Crippen LogP contribution in [0.25, 0.3) is 22.0 Å². The molecule has 2 aliphatic heterocycles. The number of hydrogen-bond acceptors (Lipinski definition) is 5. The van der Waals surface area contributed by atoms with E-state index < -0.39 is 0 Å². The van der Waals surface area contributed by atoms with Crippen molar-refractivity contribution in [3.63, 3.8) is 0 Å². The number of nitrogens with one attached hydrogen (secondary N) is 2. The molecule has 0 bridgehead atoms. The average molecular weight is 553 g/mol. The summed E-state index contributed by atoms with van der Waals surface area (Å²) in [5.74, 6) is 0.728. The van der Waals surface area contributed by atoms with Crippen LogP contribution in [0.5, 0.6) is 5.75 Å². The Bertz CT molecular complexity index is 1500. The predicted molar refractivity (Wildman–Crippen MR) is 166 cm³/mol. The maximum Gasteiger partial charge on any atom is 0.258 e. The normalized spacial score (nSPS) is 21.2. The maximum absolute atomic E-state index is 14.0. The number of amides is 1. The van der Waals surface area contributed by atoms with Crippen molar-refractivity contribution in [2.75, 3.05) is 43.0 Å². The van der Waals surface area contributed by atoms with E-state index in [1.807, 2.05) is 53.6 Å². The van der Waals surface area contributed by atoms with Crippen molar-refractivity contribution < 1.29 is 14.3 Å². The number of para-hydroxylation sites is 2. The van der Waals surface area contributed by atoms with E-state index in [2.05, 4.69) is 60.2 Å². The van der Waals surface area contributed by atoms with E-state index in [0.29, 0.717) is 18.7 Å². The van der Waals surface area contributed by atoms with Crippen molar-refractivity contribution in [1.82, 2.24) is 9.88 Å². The van der Waals surface area contributed by atoms with Gasteiger partial charge in [0.25, 0.3) is 5.91 Å². The second-order valence-electron chi connectivity index (χ2n) is 11.5. The van der Waals surface area contributed by atoms with Gasteiger partial charge in [0.05, 0.1) is 30.2 Å². The van der Waals surface area contributed by atoms with E-state index in [0.717, 1.165) is 71.6 Å². The summed E-state index contributed by atoms with van der Waals surface area (Å²) in [5.41, 5.74) is 5.70. The van der Waals surface area contributed by atoms with Crippen LogP contribution in [0.1, 0.15) is 44.0 Å². The number of nitrogens with zero attached hydrogens (tertiary/aromatic N) is 2. The molecule has 0 saturated carbocycles. The monoisotopic (exact) mass is 552 g/mol. The lowest BCUT2D eigenvalue weighted by molar-refractivity contribution is -0.0686. The average Bonchev–Trinajstić information content (AvgIpc) is 3.36. The molecule has 4 aromatic rings. The molecule has 1 aromatic heterocycles. The van der Waals surface area contributed by atoms with Crippen LogP contribution in [0.15, 0.2) is 72.9 Å². The highest BCUT2D eigenvalue weighted by atomic mass is 16.5. The fraction of sp³-hybridized carbons (Fsp3) is 0.382. The number of rotatable bonds is 7. The lowest BCUT2D eigenvalue weighted by atomic mass is 10.0. The van der Waals surface area contributed by atoms with Gasteiger partial charge in [-0.3, -0.25) is 9.69 Å². The smallest absolute Gasteiger partial charge is 0.258 e. The fourth-order valence-corrected chi connectivity index (χ4v) is 6.15. The number of benzene rings is 3. The Labute approximate surface area is 242 Å². The van der Waals surface area contributed by atoms with Gasteiger partial charge in [-0.15, -0.1) is 0 Å². The molecule has 7 heteroatoms. The SMILES string of the molecule is C[C@@H]1CN(CCCOc2cc(C(=O)N3CC[C@H](C)Nc4ccccc43)ccc2-c2ccc3[nH]ccc3c2)C[C@H](C)O1. The largest absolute Gasteiger partial charge is 0.493 e. The Morgan fingerprint density at radius 2 is 1.83 bits per heavy atom. The third-order valence-corrected chi connectivity index (χ3v) is 8.09. The van der Waals surface area contributed by atoms with Crippen LogP contribution in [-0.4, -0.2) is 66.8 Å². The third kappa shape index (κ3) is 6.11. The number of hydrogen-bond donors (Lipinski definition) is 2. The Morgan fingerprint density at radius 3 is 2.68 bits per heavy atom. The third-order valence-electron chi connectivity index (χ3n) is 8.09. The first-order valence-corrected chi connectivity index (χ1v) is 14.8. The number of aromatic amines is 1. The van der Waals surface area contributed by atoms with Gasteiger partial charge in [-0.05, 0) is 93.1 Å². The topological polar surface area (TPSA) is 69.8 Å². The molecule has 0 radical (unpaired) electrons. The highest BCUT2D eigenvalue weighted by molar-refractivity contribution is 6.08. The highest BCUT2D eigenvalue weighted by Gasteiger charge is 2.26. The van der Waals surface area contributed by atoms with E-state index in [1.165, 1.54) is 0 Å². The number of aromatic nitrogens is 1. The summed E-state index contributed by atoms with van der Waals surface area (Å²) >= 11 is 0. The van der Waals surface area contributed by atoms with Gasteiger partial charge in [-0.25, -0.2) is 0 Å². The molecular formula is C34H40N4O3. The number of morpholine rings is 1. The number of anilines is 2. The van der Waals surface area contributed by atoms with Gasteiger partial charge in [0, 0.05) is 55.1 Å². The number of ether oxygens (including phenoxy) is 2. The molecule has 3 atom stereocenters. The van der Waals surface area contributed by atoms with Crippen LogP contribution in [0.2, 0.25) is 0 Å². The van der Waals surface area contributed by atoms with E-state index in [4.69, 9.17) is 9.47 Å². The Morgan fingerprint density at radius 1 is 1.00 bits per heavy atom. The van der Waals surface area contributed by atoms with Crippen molar-refractivity contribution in [3.8, 4) is 16.9 Å². The fourth-order valence-electron chi connectivity index (χ4n) is 6.15. The van der Waals surface area contributed by atoms with Gasteiger partial charge in [0.15, 0.2) is 0 Å². The molecule has 41 heavy (non-hydrogen) atoms. The molecule has 0 aliphatic carbocycles. The van der Waals surface area contributed by atoms with Crippen LogP contribution in [-0.2, 0) is 4.74 Å². The number of carbonyl (C=O) groups excluding carboxylic acids is 1. The summed E-state index contributed by atoms with van der Waals surface area (Å²) < 4.78 is 12.4. The molecule has 0 unspecified atom stereocenters. The van der Waals surface area contributed by atoms with E-state index in [9.17, 15) is 4.79 Å². The first-order valence-electron chi connectivity index (χ1n) is 14.8. The maximum atomic E-state index is 14.0. The standard InChI is InChI=1S/C34H40N4O3/c1-23-14-17-38(32-8-5-4-7-31(32)36-23)34(39)28-9-11-29(26-10-12-30-27(19-26)13-15-35-30)33(20-28)40-18-6-16-37-21-24(2)41-25(3)22-37/h4-5,7-13,15,19-20,23-25,35-36H,6,14,16-18,21-22H2,1-3H3/t23-,24-,25+/m0/s1. The first kappa shape index (κ1) is 27.4. The molecule has 0 spiro atoms. The minimum Gasteiger partial charge on any atom is -0.493 e. The van der Waals surface area contributed by atoms with Gasteiger partial charge in [-0.2, -0.15) is 0 Å². The lowest BCUT2D eigenvalue weighted by Gasteiger charge is -2.35. The molecule has 214 valence electrons. The summed E-state index contributed by atoms with van der Waals surface area (Å²) in [6.45, 7) is 10.5. The Balaban J connectivity index is 1.26. The van der Waals surface area contributed by atoms with E-state index in [-0.39, 0.29) is 24.2 Å². The van der Waals surface area contributed by atoms with Crippen molar-refractivity contribution in [2.45, 2.75) is 51.9 Å². The van der Waals surface area contributed by atoms with Gasteiger partial charge >= 0.3 is 0 Å². The summed E-state index contributed by atoms with van der Waals surface area (Å²) in [4.78, 5) is 21.6. The van der Waals surface area contributed by atoms with Crippen LogP contribution in [0.3, 0.4) is 0 Å². The van der Waals surface area contributed by atoms with Gasteiger partial charge in [0.1, 0.15) is 5.75 Å². The van der Waals surface area contributed by atoms with Crippen molar-refractivity contribution >= 4 is 28.2 Å². The zero-order valence-corrected chi connectivity index (χ0v) is 24.2. The Hall–Kier alpha value is -3.81. The number of fused-ring (bicyclic) bond motifs is 2. The van der Waals surface area contributed by atoms with Crippen LogP contribution >= 0.6 is 0 Å². The first-order chi connectivity index (χ1) is 19.9. The molecule has 1 fully saturated rings. The Kier molecular flexibility index (Phi) is 7.99. The zero-order chi connectivity index (χ0) is 28.3. The molecule has 1 saturated heterocycles. The number of H-pyrrole nitrogens is 1. The molecule has 7 nitrogen and oxygen atoms in total. The summed E-state index contributed by atoms with van der Waals surface area (Å²) in [6, 6.07) is 22.7. The minimum absolute atomic E-state index is 0.0119. The number of carbonyl (C=O) groups is 1. The molecule has 3 heterocycles. The van der Waals surface area contributed by atoms with E-state index in [1.54, 1.807) is 0 Å². The van der Waals surface area contributed by atoms with Crippen molar-refractivity contribution in [3.05, 3.63) is 78.5 Å². The second-order valence-corrected chi connectivity index (χ2v) is 11.5. The molecule has 6 rings (SSSR count). The second kappa shape index (κ2) is 12.0. The van der Waals surface area contributed by atoms with Gasteiger partial charge in [0.2, 0.25) is 0 Å². The van der Waals surface area contributed by atoms with Crippen molar-refractivity contribution in [2.24, 2.45) is 0 Å². The zero-order valence-electron chi connectivity index (χ0n) is 24.2. The molecule has 2 N–H and O–H groups in total. The van der Waals surface area contributed by atoms with Crippen LogP contribution < -0.4 is 15.0 Å². The highest BCUT2D eigenvalue weighted by Crippen LogP contribution is 2.35. The lowest BCUT2D eigenvalue weighted by Crippen LogP contribution is -2.45. The predicted octanol–water partition coefficient (Wildman–Crippen LogP) is 6.56. The van der Waals surface area contributed by atoms with Crippen molar-refractivity contribution in [1.29, 1.82) is 0 Å². The quantitative estimate of drug-likeness (QED) is 0.254. The summed E-state index contributed by atoms with van der Waals surface area (Å²) in [5, 5.41) is 4.69. The van der Waals surface area contributed by atoms with Gasteiger partial charge in [-0.1, -0.05) is 18.2 Å². The summed E-state index contributed by atoms with van der Waals surface area (Å²) in [6.07, 6.45) is 4.23. The van der Waals surface area contributed by atoms with Crippen LogP contribution in [0, 0.1) is 0 Å². The molecule has 2 aliphatic rings.